The summed E-state index contributed by atoms with van der Waals surface area (Å²) in [6.07, 6.45) is 3.44. The molecule has 0 amide bonds. The minimum Gasteiger partial charge on any atom is -0.363 e. The first-order chi connectivity index (χ1) is 4.76. The van der Waals surface area contributed by atoms with Gasteiger partial charge in [-0.2, -0.15) is 0 Å². The Labute approximate surface area is 63.9 Å². The fourth-order valence-electron chi connectivity index (χ4n) is 0.867. The second kappa shape index (κ2) is 5.30. The molecule has 1 N–H and O–H groups in total. The normalized spacial score (nSPS) is 12.7. The summed E-state index contributed by atoms with van der Waals surface area (Å²) in [4.78, 5) is 2.18. The SMILES string of the molecule is C=CN(CCC)C(C)NC. The van der Waals surface area contributed by atoms with E-state index in [0.29, 0.717) is 6.17 Å². The van der Waals surface area contributed by atoms with Crippen LogP contribution < -0.4 is 5.32 Å². The maximum atomic E-state index is 3.73. The van der Waals surface area contributed by atoms with Crippen LogP contribution in [0.2, 0.25) is 0 Å². The molecule has 2 heteroatoms. The number of nitrogens with one attached hydrogen (secondary N) is 1. The van der Waals surface area contributed by atoms with Gasteiger partial charge in [0.1, 0.15) is 0 Å². The van der Waals surface area contributed by atoms with E-state index in [1.54, 1.807) is 0 Å². The molecule has 0 bridgehead atoms. The van der Waals surface area contributed by atoms with Crippen LogP contribution in [-0.2, 0) is 0 Å². The van der Waals surface area contributed by atoms with Gasteiger partial charge in [0.05, 0.1) is 6.17 Å². The molecule has 10 heavy (non-hydrogen) atoms. The Kier molecular flexibility index (Phi) is 5.03. The highest BCUT2D eigenvalue weighted by Gasteiger charge is 2.03. The zero-order valence-corrected chi connectivity index (χ0v) is 7.22. The van der Waals surface area contributed by atoms with E-state index in [9.17, 15) is 0 Å². The van der Waals surface area contributed by atoms with E-state index < -0.39 is 0 Å². The van der Waals surface area contributed by atoms with E-state index in [-0.39, 0.29) is 0 Å². The third-order valence-electron chi connectivity index (χ3n) is 1.63. The fraction of sp³-hybridized carbons (Fsp3) is 0.750. The van der Waals surface area contributed by atoms with Crippen molar-refractivity contribution in [2.45, 2.75) is 26.4 Å². The highest BCUT2D eigenvalue weighted by Crippen LogP contribution is 1.96. The van der Waals surface area contributed by atoms with Crippen molar-refractivity contribution >= 4 is 0 Å². The average molecular weight is 142 g/mol. The monoisotopic (exact) mass is 142 g/mol. The first kappa shape index (κ1) is 9.50. The summed E-state index contributed by atoms with van der Waals surface area (Å²) in [5.74, 6) is 0. The molecule has 2 nitrogen and oxygen atoms in total. The molecule has 0 radical (unpaired) electrons. The molecular formula is C8H18N2. The molecule has 0 spiro atoms. The lowest BCUT2D eigenvalue weighted by molar-refractivity contribution is 0.264. The van der Waals surface area contributed by atoms with Crippen molar-refractivity contribution in [1.29, 1.82) is 0 Å². The summed E-state index contributed by atoms with van der Waals surface area (Å²) < 4.78 is 0. The van der Waals surface area contributed by atoms with E-state index in [0.717, 1.165) is 13.0 Å². The van der Waals surface area contributed by atoms with Gasteiger partial charge in [-0.1, -0.05) is 13.5 Å². The second-order valence-electron chi connectivity index (χ2n) is 2.39. The van der Waals surface area contributed by atoms with Crippen LogP contribution in [0, 0.1) is 0 Å². The van der Waals surface area contributed by atoms with Crippen LogP contribution in [0.3, 0.4) is 0 Å². The minimum atomic E-state index is 0.400. The standard InChI is InChI=1S/C8H18N2/c1-5-7-10(6-2)8(3)9-4/h6,8-9H,2,5,7H2,1,3-4H3. The third kappa shape index (κ3) is 2.87. The summed E-state index contributed by atoms with van der Waals surface area (Å²) >= 11 is 0. The number of nitrogens with zero attached hydrogens (tertiary/aromatic N) is 1. The maximum absolute atomic E-state index is 3.73. The van der Waals surface area contributed by atoms with Gasteiger partial charge in [0.2, 0.25) is 0 Å². The van der Waals surface area contributed by atoms with Crippen molar-refractivity contribution in [2.24, 2.45) is 0 Å². The van der Waals surface area contributed by atoms with Crippen molar-refractivity contribution in [3.8, 4) is 0 Å². The Balaban J connectivity index is 3.67. The minimum absolute atomic E-state index is 0.400. The highest BCUT2D eigenvalue weighted by atomic mass is 15.2. The number of hydrogen-bond acceptors (Lipinski definition) is 2. The van der Waals surface area contributed by atoms with Gasteiger partial charge < -0.3 is 10.2 Å². The predicted octanol–water partition coefficient (Wildman–Crippen LogP) is 1.41. The van der Waals surface area contributed by atoms with E-state index in [1.165, 1.54) is 0 Å². The molecular weight excluding hydrogens is 124 g/mol. The Bertz CT molecular complexity index is 91.3. The molecule has 0 aromatic carbocycles. The molecule has 0 rings (SSSR count). The van der Waals surface area contributed by atoms with E-state index in [2.05, 4.69) is 30.6 Å². The lowest BCUT2D eigenvalue weighted by Gasteiger charge is -2.26. The van der Waals surface area contributed by atoms with Crippen LogP contribution in [-0.4, -0.2) is 24.7 Å². The Morgan fingerprint density at radius 3 is 2.60 bits per heavy atom. The molecule has 0 saturated carbocycles. The van der Waals surface area contributed by atoms with Crippen molar-refractivity contribution < 1.29 is 0 Å². The molecule has 0 aliphatic heterocycles. The number of hydrogen-bond donors (Lipinski definition) is 1. The molecule has 1 atom stereocenters. The van der Waals surface area contributed by atoms with Gasteiger partial charge in [-0.3, -0.25) is 0 Å². The van der Waals surface area contributed by atoms with E-state index >= 15 is 0 Å². The van der Waals surface area contributed by atoms with Crippen LogP contribution in [0.4, 0.5) is 0 Å². The lowest BCUT2D eigenvalue weighted by Crippen LogP contribution is -2.38. The van der Waals surface area contributed by atoms with Crippen LogP contribution in [0.5, 0.6) is 0 Å². The molecule has 0 aromatic rings. The average Bonchev–Trinajstić information content (AvgIpc) is 1.99. The summed E-state index contributed by atoms with van der Waals surface area (Å²) in [7, 11) is 1.96. The molecule has 0 aliphatic rings. The number of rotatable bonds is 5. The van der Waals surface area contributed by atoms with Gasteiger partial charge >= 0.3 is 0 Å². The lowest BCUT2D eigenvalue weighted by atomic mass is 10.4. The van der Waals surface area contributed by atoms with Gasteiger partial charge in [0.25, 0.3) is 0 Å². The summed E-state index contributed by atoms with van der Waals surface area (Å²) in [6, 6.07) is 0. The van der Waals surface area contributed by atoms with Crippen LogP contribution in [0.15, 0.2) is 12.8 Å². The zero-order chi connectivity index (χ0) is 7.98. The van der Waals surface area contributed by atoms with Crippen molar-refractivity contribution in [3.05, 3.63) is 12.8 Å². The predicted molar refractivity (Wildman–Crippen MR) is 45.7 cm³/mol. The van der Waals surface area contributed by atoms with Gasteiger partial charge in [0.15, 0.2) is 0 Å². The molecule has 0 heterocycles. The molecule has 0 fully saturated rings. The quantitative estimate of drug-likeness (QED) is 0.584. The van der Waals surface area contributed by atoms with E-state index in [4.69, 9.17) is 0 Å². The van der Waals surface area contributed by atoms with Crippen LogP contribution in [0.25, 0.3) is 0 Å². The summed E-state index contributed by atoms with van der Waals surface area (Å²) in [5, 5.41) is 3.16. The first-order valence-electron chi connectivity index (χ1n) is 3.81. The van der Waals surface area contributed by atoms with Gasteiger partial charge in [-0.05, 0) is 26.6 Å². The van der Waals surface area contributed by atoms with Gasteiger partial charge in [0, 0.05) is 6.54 Å². The zero-order valence-electron chi connectivity index (χ0n) is 7.22. The molecule has 0 aliphatic carbocycles. The van der Waals surface area contributed by atoms with Crippen LogP contribution >= 0.6 is 0 Å². The topological polar surface area (TPSA) is 15.3 Å². The summed E-state index contributed by atoms with van der Waals surface area (Å²) in [5.41, 5.74) is 0. The fourth-order valence-corrected chi connectivity index (χ4v) is 0.867. The summed E-state index contributed by atoms with van der Waals surface area (Å²) in [6.45, 7) is 9.10. The molecule has 0 aromatic heterocycles. The largest absolute Gasteiger partial charge is 0.363 e. The molecule has 60 valence electrons. The van der Waals surface area contributed by atoms with Gasteiger partial charge in [-0.15, -0.1) is 0 Å². The van der Waals surface area contributed by atoms with Crippen LogP contribution in [0.1, 0.15) is 20.3 Å². The Morgan fingerprint density at radius 1 is 1.70 bits per heavy atom. The molecule has 0 saturated heterocycles. The van der Waals surface area contributed by atoms with Gasteiger partial charge in [-0.25, -0.2) is 0 Å². The van der Waals surface area contributed by atoms with E-state index in [1.807, 2.05) is 13.2 Å². The third-order valence-corrected chi connectivity index (χ3v) is 1.63. The van der Waals surface area contributed by atoms with Crippen molar-refractivity contribution in [3.63, 3.8) is 0 Å². The first-order valence-corrected chi connectivity index (χ1v) is 3.81. The Morgan fingerprint density at radius 2 is 2.30 bits per heavy atom. The highest BCUT2D eigenvalue weighted by molar-refractivity contribution is 4.73. The molecule has 1 unspecified atom stereocenters. The van der Waals surface area contributed by atoms with Crippen molar-refractivity contribution in [2.75, 3.05) is 13.6 Å². The second-order valence-corrected chi connectivity index (χ2v) is 2.39. The smallest absolute Gasteiger partial charge is 0.0758 e. The Hall–Kier alpha value is -0.500. The van der Waals surface area contributed by atoms with Crippen molar-refractivity contribution in [1.82, 2.24) is 10.2 Å². The maximum Gasteiger partial charge on any atom is 0.0758 e.